The van der Waals surface area contributed by atoms with E-state index < -0.39 is 0 Å². The highest BCUT2D eigenvalue weighted by molar-refractivity contribution is 5.70. The van der Waals surface area contributed by atoms with Gasteiger partial charge in [0.15, 0.2) is 0 Å². The second-order valence-corrected chi connectivity index (χ2v) is 4.85. The van der Waals surface area contributed by atoms with Crippen LogP contribution in [-0.4, -0.2) is 36.7 Å². The normalized spacial score (nSPS) is 23.4. The first kappa shape index (κ1) is 12.3. The Bertz CT molecular complexity index is 219. The smallest absolute Gasteiger partial charge is 0.410 e. The topological polar surface area (TPSA) is 55.6 Å². The summed E-state index contributed by atoms with van der Waals surface area (Å²) in [6.45, 7) is 8.23. The summed E-state index contributed by atoms with van der Waals surface area (Å²) in [4.78, 5) is 13.3. The predicted octanol–water partition coefficient (Wildman–Crippen LogP) is 1.45. The van der Waals surface area contributed by atoms with Crippen molar-refractivity contribution < 1.29 is 9.53 Å². The van der Waals surface area contributed by atoms with Crippen LogP contribution in [-0.2, 0) is 4.74 Å². The Morgan fingerprint density at radius 2 is 2.20 bits per heavy atom. The van der Waals surface area contributed by atoms with Gasteiger partial charge in [-0.25, -0.2) is 4.79 Å². The summed E-state index contributed by atoms with van der Waals surface area (Å²) in [6.07, 6.45) is 0.823. The first-order valence-corrected chi connectivity index (χ1v) is 5.68. The van der Waals surface area contributed by atoms with E-state index in [0.717, 1.165) is 6.42 Å². The molecule has 0 aliphatic carbocycles. The first-order valence-electron chi connectivity index (χ1n) is 5.68. The Morgan fingerprint density at radius 3 is 2.73 bits per heavy atom. The molecule has 4 heteroatoms. The number of nitrogens with zero attached hydrogens (tertiary/aromatic N) is 1. The maximum Gasteiger partial charge on any atom is 0.410 e. The Morgan fingerprint density at radius 1 is 1.53 bits per heavy atom. The second-order valence-electron chi connectivity index (χ2n) is 4.85. The molecule has 0 bridgehead atoms. The van der Waals surface area contributed by atoms with Gasteiger partial charge in [-0.05, 0) is 24.8 Å². The molecule has 1 fully saturated rings. The van der Waals surface area contributed by atoms with Crippen molar-refractivity contribution in [2.75, 3.05) is 19.7 Å². The molecule has 0 aromatic carbocycles. The van der Waals surface area contributed by atoms with Crippen LogP contribution in [0.5, 0.6) is 0 Å². The molecule has 15 heavy (non-hydrogen) atoms. The van der Waals surface area contributed by atoms with Gasteiger partial charge in [0.1, 0.15) is 6.61 Å². The van der Waals surface area contributed by atoms with Crippen LogP contribution in [0.3, 0.4) is 0 Å². The molecule has 0 aromatic rings. The molecule has 1 saturated heterocycles. The molecular formula is C11H22N2O2. The molecule has 1 aliphatic rings. The van der Waals surface area contributed by atoms with Crippen LogP contribution in [0, 0.1) is 11.8 Å². The number of rotatable bonds is 5. The van der Waals surface area contributed by atoms with Gasteiger partial charge in [-0.15, -0.1) is 0 Å². The van der Waals surface area contributed by atoms with Crippen LogP contribution in [0.1, 0.15) is 27.2 Å². The second kappa shape index (κ2) is 5.35. The third-order valence-corrected chi connectivity index (χ3v) is 2.73. The van der Waals surface area contributed by atoms with Crippen LogP contribution in [0.4, 0.5) is 4.79 Å². The molecule has 0 saturated carbocycles. The fraction of sp³-hybridized carbons (Fsp3) is 0.909. The van der Waals surface area contributed by atoms with E-state index in [0.29, 0.717) is 31.5 Å². The van der Waals surface area contributed by atoms with Crippen LogP contribution in [0.15, 0.2) is 0 Å². The van der Waals surface area contributed by atoms with Crippen molar-refractivity contribution in [2.45, 2.75) is 33.2 Å². The summed E-state index contributed by atoms with van der Waals surface area (Å²) in [5.41, 5.74) is 5.56. The van der Waals surface area contributed by atoms with Crippen LogP contribution in [0.2, 0.25) is 0 Å². The van der Waals surface area contributed by atoms with Crippen LogP contribution in [0.25, 0.3) is 0 Å². The predicted molar refractivity (Wildman–Crippen MR) is 59.5 cm³/mol. The highest BCUT2D eigenvalue weighted by atomic mass is 16.6. The summed E-state index contributed by atoms with van der Waals surface area (Å²) in [5, 5.41) is 0. The van der Waals surface area contributed by atoms with Gasteiger partial charge in [0.2, 0.25) is 0 Å². The van der Waals surface area contributed by atoms with Gasteiger partial charge in [-0.3, -0.25) is 0 Å². The molecule has 2 unspecified atom stereocenters. The molecule has 4 nitrogen and oxygen atoms in total. The van der Waals surface area contributed by atoms with E-state index >= 15 is 0 Å². The van der Waals surface area contributed by atoms with Crippen LogP contribution < -0.4 is 5.73 Å². The van der Waals surface area contributed by atoms with Gasteiger partial charge in [-0.2, -0.15) is 0 Å². The van der Waals surface area contributed by atoms with Gasteiger partial charge >= 0.3 is 6.09 Å². The lowest BCUT2D eigenvalue weighted by molar-refractivity contribution is 0.153. The number of cyclic esters (lactones) is 1. The van der Waals surface area contributed by atoms with E-state index in [1.807, 2.05) is 4.90 Å². The number of nitrogens with two attached hydrogens (primary N) is 1. The van der Waals surface area contributed by atoms with E-state index in [1.165, 1.54) is 0 Å². The lowest BCUT2D eigenvalue weighted by Gasteiger charge is -2.25. The number of carbonyl (C=O) groups is 1. The summed E-state index contributed by atoms with van der Waals surface area (Å²) < 4.78 is 5.07. The van der Waals surface area contributed by atoms with Crippen molar-refractivity contribution in [2.24, 2.45) is 17.6 Å². The van der Waals surface area contributed by atoms with E-state index in [-0.39, 0.29) is 12.1 Å². The maximum atomic E-state index is 11.5. The third-order valence-electron chi connectivity index (χ3n) is 2.73. The van der Waals surface area contributed by atoms with Gasteiger partial charge < -0.3 is 15.4 Å². The third kappa shape index (κ3) is 3.38. The van der Waals surface area contributed by atoms with Crippen molar-refractivity contribution in [1.29, 1.82) is 0 Å². The van der Waals surface area contributed by atoms with Gasteiger partial charge in [-0.1, -0.05) is 20.8 Å². The lowest BCUT2D eigenvalue weighted by atomic mass is 10.0. The zero-order chi connectivity index (χ0) is 11.4. The quantitative estimate of drug-likeness (QED) is 0.753. The standard InChI is InChI=1S/C11H22N2O2/c1-8(2)4-10-7-15-11(14)13(10)6-9(3)5-12/h8-10H,4-7,12H2,1-3H3. The molecule has 2 N–H and O–H groups in total. The van der Waals surface area contributed by atoms with Crippen molar-refractivity contribution in [3.8, 4) is 0 Å². The molecule has 0 radical (unpaired) electrons. The largest absolute Gasteiger partial charge is 0.447 e. The molecule has 1 aliphatic heterocycles. The Kier molecular flexibility index (Phi) is 4.39. The van der Waals surface area contributed by atoms with E-state index in [4.69, 9.17) is 10.5 Å². The summed E-state index contributed by atoms with van der Waals surface area (Å²) >= 11 is 0. The minimum absolute atomic E-state index is 0.180. The minimum Gasteiger partial charge on any atom is -0.447 e. The van der Waals surface area contributed by atoms with Crippen LogP contribution >= 0.6 is 0 Å². The number of carbonyl (C=O) groups excluding carboxylic acids is 1. The molecule has 1 amide bonds. The first-order chi connectivity index (χ1) is 7.04. The molecule has 0 aromatic heterocycles. The average Bonchev–Trinajstić information content (AvgIpc) is 2.49. The highest BCUT2D eigenvalue weighted by Gasteiger charge is 2.33. The summed E-state index contributed by atoms with van der Waals surface area (Å²) in [5.74, 6) is 0.922. The van der Waals surface area contributed by atoms with Gasteiger partial charge in [0.25, 0.3) is 0 Å². The minimum atomic E-state index is -0.180. The van der Waals surface area contributed by atoms with E-state index in [9.17, 15) is 4.79 Å². The molecular weight excluding hydrogens is 192 g/mol. The zero-order valence-corrected chi connectivity index (χ0v) is 9.90. The number of amides is 1. The molecule has 88 valence electrons. The zero-order valence-electron chi connectivity index (χ0n) is 9.90. The van der Waals surface area contributed by atoms with E-state index in [2.05, 4.69) is 20.8 Å². The SMILES string of the molecule is CC(C)CC1COC(=O)N1CC(C)CN. The number of ether oxygens (including phenoxy) is 1. The van der Waals surface area contributed by atoms with Crippen molar-refractivity contribution >= 4 is 6.09 Å². The molecule has 0 spiro atoms. The van der Waals surface area contributed by atoms with Gasteiger partial charge in [0.05, 0.1) is 6.04 Å². The van der Waals surface area contributed by atoms with Gasteiger partial charge in [0, 0.05) is 6.54 Å². The number of hydrogen-bond acceptors (Lipinski definition) is 3. The highest BCUT2D eigenvalue weighted by Crippen LogP contribution is 2.20. The molecule has 1 rings (SSSR count). The molecule has 2 atom stereocenters. The summed E-state index contributed by atoms with van der Waals surface area (Å²) in [6, 6.07) is 0.242. The molecule has 1 heterocycles. The Balaban J connectivity index is 2.52. The maximum absolute atomic E-state index is 11.5. The van der Waals surface area contributed by atoms with E-state index in [1.54, 1.807) is 0 Å². The Labute approximate surface area is 91.8 Å². The average molecular weight is 214 g/mol. The fourth-order valence-electron chi connectivity index (χ4n) is 1.86. The van der Waals surface area contributed by atoms with Crippen molar-refractivity contribution in [3.63, 3.8) is 0 Å². The number of hydrogen-bond donors (Lipinski definition) is 1. The summed E-state index contributed by atoms with van der Waals surface area (Å²) in [7, 11) is 0. The Hall–Kier alpha value is -0.770. The fourth-order valence-corrected chi connectivity index (χ4v) is 1.86. The lowest BCUT2D eigenvalue weighted by Crippen LogP contribution is -2.39. The van der Waals surface area contributed by atoms with Crippen molar-refractivity contribution in [1.82, 2.24) is 4.90 Å². The van der Waals surface area contributed by atoms with Crippen molar-refractivity contribution in [3.05, 3.63) is 0 Å². The monoisotopic (exact) mass is 214 g/mol.